The summed E-state index contributed by atoms with van der Waals surface area (Å²) in [5, 5.41) is 0.527. The van der Waals surface area contributed by atoms with Gasteiger partial charge in [0.1, 0.15) is 5.75 Å². The van der Waals surface area contributed by atoms with Gasteiger partial charge in [0.05, 0.1) is 0 Å². The molecule has 1 aromatic carbocycles. The van der Waals surface area contributed by atoms with E-state index >= 15 is 0 Å². The summed E-state index contributed by atoms with van der Waals surface area (Å²) in [6.07, 6.45) is 0. The molecule has 0 saturated carbocycles. The Morgan fingerprint density at radius 3 is 2.53 bits per heavy atom. The maximum atomic E-state index is 11.0. The van der Waals surface area contributed by atoms with Crippen molar-refractivity contribution in [2.24, 2.45) is 5.73 Å². The van der Waals surface area contributed by atoms with Crippen molar-refractivity contribution >= 4 is 33.4 Å². The number of hydrogen-bond acceptors (Lipinski definition) is 2. The van der Waals surface area contributed by atoms with Crippen molar-refractivity contribution in [3.05, 3.63) is 27.7 Å². The molecule has 2 N–H and O–H groups in total. The Morgan fingerprint density at radius 1 is 1.47 bits per heavy atom. The lowest BCUT2D eigenvalue weighted by atomic mass is 10.1. The minimum absolute atomic E-state index is 0.498. The number of carbonyl (C=O) groups is 1. The van der Waals surface area contributed by atoms with Crippen molar-refractivity contribution < 1.29 is 9.53 Å². The smallest absolute Gasteiger partial charge is 0.261 e. The lowest BCUT2D eigenvalue weighted by Gasteiger charge is -2.22. The highest BCUT2D eigenvalue weighted by Gasteiger charge is 2.27. The molecule has 0 unspecified atom stereocenters. The van der Waals surface area contributed by atoms with Crippen LogP contribution in [0.3, 0.4) is 0 Å². The molecule has 0 aliphatic heterocycles. The van der Waals surface area contributed by atoms with Crippen molar-refractivity contribution in [3.63, 3.8) is 0 Å². The second kappa shape index (κ2) is 4.41. The van der Waals surface area contributed by atoms with Crippen LogP contribution in [0, 0.1) is 0 Å². The van der Waals surface area contributed by atoms with Gasteiger partial charge in [0, 0.05) is 9.50 Å². The molecule has 3 nitrogen and oxygen atoms in total. The van der Waals surface area contributed by atoms with E-state index in [0.717, 1.165) is 4.47 Å². The van der Waals surface area contributed by atoms with Crippen molar-refractivity contribution in [2.75, 3.05) is 0 Å². The summed E-state index contributed by atoms with van der Waals surface area (Å²) in [6, 6.07) is 5.07. The van der Waals surface area contributed by atoms with Gasteiger partial charge in [-0.05, 0) is 32.0 Å². The van der Waals surface area contributed by atoms with E-state index in [1.54, 1.807) is 32.0 Å². The molecule has 0 atom stereocenters. The Morgan fingerprint density at radius 2 is 2.07 bits per heavy atom. The normalized spacial score (nSPS) is 11.2. The van der Waals surface area contributed by atoms with E-state index in [-0.39, 0.29) is 0 Å². The van der Waals surface area contributed by atoms with E-state index in [0.29, 0.717) is 10.8 Å². The van der Waals surface area contributed by atoms with Crippen molar-refractivity contribution in [1.82, 2.24) is 0 Å². The quantitative estimate of drug-likeness (QED) is 0.931. The van der Waals surface area contributed by atoms with E-state index in [1.165, 1.54) is 0 Å². The molecule has 82 valence electrons. The summed E-state index contributed by atoms with van der Waals surface area (Å²) in [5.74, 6) is -0.0308. The van der Waals surface area contributed by atoms with E-state index in [4.69, 9.17) is 22.1 Å². The molecule has 0 saturated heterocycles. The number of ether oxygens (including phenoxy) is 1. The van der Waals surface area contributed by atoms with Crippen molar-refractivity contribution in [3.8, 4) is 5.75 Å². The highest BCUT2D eigenvalue weighted by molar-refractivity contribution is 9.10. The number of amides is 1. The lowest BCUT2D eigenvalue weighted by molar-refractivity contribution is -0.130. The molecule has 1 rings (SSSR count). The molecule has 0 aliphatic carbocycles. The second-order valence-corrected chi connectivity index (χ2v) is 4.93. The third-order valence-corrected chi connectivity index (χ3v) is 2.48. The Bertz CT molecular complexity index is 373. The van der Waals surface area contributed by atoms with E-state index in [1.807, 2.05) is 0 Å². The van der Waals surface area contributed by atoms with Gasteiger partial charge >= 0.3 is 0 Å². The van der Waals surface area contributed by atoms with Crippen LogP contribution in [0.15, 0.2) is 22.7 Å². The number of hydrogen-bond donors (Lipinski definition) is 1. The third kappa shape index (κ3) is 3.39. The number of benzene rings is 1. The van der Waals surface area contributed by atoms with Gasteiger partial charge in [0.15, 0.2) is 5.60 Å². The van der Waals surface area contributed by atoms with E-state index in [2.05, 4.69) is 15.9 Å². The Kier molecular flexibility index (Phi) is 3.62. The van der Waals surface area contributed by atoms with Crippen LogP contribution >= 0.6 is 27.5 Å². The molecular weight excluding hydrogens is 281 g/mol. The van der Waals surface area contributed by atoms with Gasteiger partial charge in [0.25, 0.3) is 5.91 Å². The Labute approximate surface area is 102 Å². The molecule has 1 aromatic rings. The van der Waals surface area contributed by atoms with Crippen LogP contribution in [0.2, 0.25) is 5.02 Å². The molecule has 15 heavy (non-hydrogen) atoms. The zero-order chi connectivity index (χ0) is 11.6. The highest BCUT2D eigenvalue weighted by atomic mass is 79.9. The molecule has 0 heterocycles. The first-order valence-electron chi connectivity index (χ1n) is 4.26. The van der Waals surface area contributed by atoms with Crippen molar-refractivity contribution in [2.45, 2.75) is 19.4 Å². The maximum absolute atomic E-state index is 11.0. The van der Waals surface area contributed by atoms with Gasteiger partial charge in [-0.25, -0.2) is 0 Å². The standard InChI is InChI=1S/C10H11BrClNO2/c1-10(2,9(13)14)15-8-4-6(11)3-7(12)5-8/h3-5H,1-2H3,(H2,13,14). The summed E-state index contributed by atoms with van der Waals surface area (Å²) in [6.45, 7) is 3.20. The number of rotatable bonds is 3. The summed E-state index contributed by atoms with van der Waals surface area (Å²) >= 11 is 9.11. The number of nitrogens with two attached hydrogens (primary N) is 1. The van der Waals surface area contributed by atoms with Gasteiger partial charge in [-0.3, -0.25) is 4.79 Å². The van der Waals surface area contributed by atoms with E-state index in [9.17, 15) is 4.79 Å². The molecule has 0 radical (unpaired) electrons. The van der Waals surface area contributed by atoms with Crippen LogP contribution in [-0.4, -0.2) is 11.5 Å². The molecule has 5 heteroatoms. The monoisotopic (exact) mass is 291 g/mol. The number of carbonyl (C=O) groups excluding carboxylic acids is 1. The van der Waals surface area contributed by atoms with Crippen LogP contribution in [0.4, 0.5) is 0 Å². The molecule has 0 spiro atoms. The fourth-order valence-electron chi connectivity index (χ4n) is 0.932. The average molecular weight is 293 g/mol. The fourth-order valence-corrected chi connectivity index (χ4v) is 1.76. The minimum atomic E-state index is -1.05. The first-order valence-corrected chi connectivity index (χ1v) is 5.43. The molecule has 0 fully saturated rings. The van der Waals surface area contributed by atoms with E-state index < -0.39 is 11.5 Å². The summed E-state index contributed by atoms with van der Waals surface area (Å²) < 4.78 is 6.22. The second-order valence-electron chi connectivity index (χ2n) is 3.58. The Balaban J connectivity index is 2.94. The Hall–Kier alpha value is -0.740. The summed E-state index contributed by atoms with van der Waals surface area (Å²) in [5.41, 5.74) is 4.13. The lowest BCUT2D eigenvalue weighted by Crippen LogP contribution is -2.43. The van der Waals surface area contributed by atoms with Crippen LogP contribution in [-0.2, 0) is 4.79 Å². The largest absolute Gasteiger partial charge is 0.478 e. The maximum Gasteiger partial charge on any atom is 0.261 e. The SMILES string of the molecule is CC(C)(Oc1cc(Cl)cc(Br)c1)C(N)=O. The number of halogens is 2. The van der Waals surface area contributed by atoms with Gasteiger partial charge in [-0.2, -0.15) is 0 Å². The zero-order valence-corrected chi connectivity index (χ0v) is 10.7. The topological polar surface area (TPSA) is 52.3 Å². The summed E-state index contributed by atoms with van der Waals surface area (Å²) in [4.78, 5) is 11.0. The molecule has 0 aromatic heterocycles. The predicted molar refractivity (Wildman–Crippen MR) is 63.1 cm³/mol. The molecule has 1 amide bonds. The first kappa shape index (κ1) is 12.3. The molecule has 0 bridgehead atoms. The highest BCUT2D eigenvalue weighted by Crippen LogP contribution is 2.27. The van der Waals surface area contributed by atoms with Crippen LogP contribution < -0.4 is 10.5 Å². The minimum Gasteiger partial charge on any atom is -0.478 e. The van der Waals surface area contributed by atoms with Crippen LogP contribution in [0.1, 0.15) is 13.8 Å². The van der Waals surface area contributed by atoms with Crippen LogP contribution in [0.5, 0.6) is 5.75 Å². The summed E-state index contributed by atoms with van der Waals surface area (Å²) in [7, 11) is 0. The van der Waals surface area contributed by atoms with Gasteiger partial charge in [0.2, 0.25) is 0 Å². The van der Waals surface area contributed by atoms with Gasteiger partial charge in [-0.1, -0.05) is 27.5 Å². The van der Waals surface area contributed by atoms with Gasteiger partial charge < -0.3 is 10.5 Å². The predicted octanol–water partition coefficient (Wildman–Crippen LogP) is 2.75. The molecule has 0 aliphatic rings. The fraction of sp³-hybridized carbons (Fsp3) is 0.300. The zero-order valence-electron chi connectivity index (χ0n) is 8.38. The average Bonchev–Trinajstić information content (AvgIpc) is 1.99. The first-order chi connectivity index (χ1) is 6.81. The number of primary amides is 1. The van der Waals surface area contributed by atoms with Crippen molar-refractivity contribution in [1.29, 1.82) is 0 Å². The van der Waals surface area contributed by atoms with Gasteiger partial charge in [-0.15, -0.1) is 0 Å². The van der Waals surface area contributed by atoms with Crippen LogP contribution in [0.25, 0.3) is 0 Å². The molecular formula is C10H11BrClNO2. The third-order valence-electron chi connectivity index (χ3n) is 1.80.